The Hall–Kier alpha value is -3.07. The minimum atomic E-state index is 0. The SMILES string of the molecule is COc1cc(-c2cc(CN(c3cccc(OC)c3OC)C3CCNCC3)ccn2)cc(OC)c1OC.Cl.Cl. The van der Waals surface area contributed by atoms with Gasteiger partial charge in [0, 0.05) is 24.3 Å². The summed E-state index contributed by atoms with van der Waals surface area (Å²) in [6.45, 7) is 2.68. The topological polar surface area (TPSA) is 74.3 Å². The van der Waals surface area contributed by atoms with Crippen LogP contribution in [0, 0.1) is 0 Å². The molecule has 8 nitrogen and oxygen atoms in total. The Labute approximate surface area is 237 Å². The normalized spacial score (nSPS) is 13.0. The summed E-state index contributed by atoms with van der Waals surface area (Å²) >= 11 is 0. The minimum Gasteiger partial charge on any atom is -0.493 e. The van der Waals surface area contributed by atoms with Crippen molar-refractivity contribution in [2.45, 2.75) is 25.4 Å². The number of anilines is 1. The summed E-state index contributed by atoms with van der Waals surface area (Å²) in [5.41, 5.74) is 3.88. The molecule has 2 heterocycles. The standard InChI is InChI=1S/C28H35N3O5.2ClH/c1-32-24-8-6-7-23(27(24)35-4)31(21-10-12-29-13-11-21)18-19-9-14-30-22(15-19)20-16-25(33-2)28(36-5)26(17-20)34-3;;/h6-9,14-17,21,29H,10-13,18H2,1-5H3;2*1H. The molecule has 2 aromatic carbocycles. The van der Waals surface area contributed by atoms with Crippen LogP contribution >= 0.6 is 24.8 Å². The number of nitrogens with zero attached hydrogens (tertiary/aromatic N) is 2. The Morgan fingerprint density at radius 3 is 2.00 bits per heavy atom. The highest BCUT2D eigenvalue weighted by Gasteiger charge is 2.26. The summed E-state index contributed by atoms with van der Waals surface area (Å²) in [5, 5.41) is 3.47. The predicted molar refractivity (Wildman–Crippen MR) is 155 cm³/mol. The fourth-order valence-corrected chi connectivity index (χ4v) is 4.78. The summed E-state index contributed by atoms with van der Waals surface area (Å²) in [6.07, 6.45) is 3.94. The van der Waals surface area contributed by atoms with Gasteiger partial charge in [0.25, 0.3) is 0 Å². The van der Waals surface area contributed by atoms with Crippen molar-refractivity contribution < 1.29 is 23.7 Å². The first-order chi connectivity index (χ1) is 17.6. The van der Waals surface area contributed by atoms with E-state index in [1.54, 1.807) is 35.5 Å². The van der Waals surface area contributed by atoms with Crippen molar-refractivity contribution in [2.75, 3.05) is 53.5 Å². The number of aromatic nitrogens is 1. The largest absolute Gasteiger partial charge is 0.493 e. The van der Waals surface area contributed by atoms with E-state index >= 15 is 0 Å². The van der Waals surface area contributed by atoms with Crippen LogP contribution in [0.1, 0.15) is 18.4 Å². The van der Waals surface area contributed by atoms with Crippen LogP contribution in [-0.4, -0.2) is 59.7 Å². The highest BCUT2D eigenvalue weighted by Crippen LogP contribution is 2.42. The van der Waals surface area contributed by atoms with E-state index < -0.39 is 0 Å². The van der Waals surface area contributed by atoms with Gasteiger partial charge in [-0.3, -0.25) is 4.98 Å². The van der Waals surface area contributed by atoms with Gasteiger partial charge in [0.05, 0.1) is 46.9 Å². The van der Waals surface area contributed by atoms with Crippen LogP contribution in [0.15, 0.2) is 48.7 Å². The number of benzene rings is 2. The van der Waals surface area contributed by atoms with E-state index in [0.717, 1.165) is 59.9 Å². The monoisotopic (exact) mass is 565 g/mol. The molecule has 10 heteroatoms. The molecule has 1 N–H and O–H groups in total. The van der Waals surface area contributed by atoms with Gasteiger partial charge in [0.2, 0.25) is 5.75 Å². The summed E-state index contributed by atoms with van der Waals surface area (Å²) < 4.78 is 28.0. The number of ether oxygens (including phenoxy) is 5. The molecule has 0 radical (unpaired) electrons. The Morgan fingerprint density at radius 1 is 0.789 bits per heavy atom. The van der Waals surface area contributed by atoms with Gasteiger partial charge in [0.1, 0.15) is 0 Å². The maximum absolute atomic E-state index is 5.81. The van der Waals surface area contributed by atoms with Crippen LogP contribution in [0.25, 0.3) is 11.3 Å². The number of piperidine rings is 1. The second-order valence-corrected chi connectivity index (χ2v) is 8.59. The van der Waals surface area contributed by atoms with Crippen molar-refractivity contribution in [3.63, 3.8) is 0 Å². The molecule has 3 aromatic rings. The third-order valence-electron chi connectivity index (χ3n) is 6.58. The lowest BCUT2D eigenvalue weighted by Gasteiger charge is -2.37. The zero-order chi connectivity index (χ0) is 25.5. The van der Waals surface area contributed by atoms with Crippen LogP contribution in [-0.2, 0) is 6.54 Å². The molecule has 0 unspecified atom stereocenters. The maximum atomic E-state index is 5.81. The van der Waals surface area contributed by atoms with Gasteiger partial charge in [-0.05, 0) is 67.9 Å². The highest BCUT2D eigenvalue weighted by atomic mass is 35.5. The smallest absolute Gasteiger partial charge is 0.203 e. The van der Waals surface area contributed by atoms with Crippen LogP contribution in [0.5, 0.6) is 28.7 Å². The zero-order valence-electron chi connectivity index (χ0n) is 22.5. The molecule has 1 saturated heterocycles. The molecule has 38 heavy (non-hydrogen) atoms. The van der Waals surface area contributed by atoms with Gasteiger partial charge in [-0.2, -0.15) is 0 Å². The lowest BCUT2D eigenvalue weighted by molar-refractivity contribution is 0.324. The second-order valence-electron chi connectivity index (χ2n) is 8.59. The third kappa shape index (κ3) is 6.67. The van der Waals surface area contributed by atoms with Crippen molar-refractivity contribution in [1.29, 1.82) is 0 Å². The number of rotatable bonds is 10. The van der Waals surface area contributed by atoms with Crippen LogP contribution < -0.4 is 33.9 Å². The number of halogens is 2. The molecule has 208 valence electrons. The van der Waals surface area contributed by atoms with E-state index in [0.29, 0.717) is 29.8 Å². The van der Waals surface area contributed by atoms with E-state index in [1.807, 2.05) is 30.5 Å². The van der Waals surface area contributed by atoms with E-state index in [9.17, 15) is 0 Å². The summed E-state index contributed by atoms with van der Waals surface area (Å²) in [5.74, 6) is 3.22. The molecule has 0 amide bonds. The number of pyridine rings is 1. The Bertz CT molecular complexity index is 1150. The molecule has 0 bridgehead atoms. The molecule has 1 fully saturated rings. The average Bonchev–Trinajstić information content (AvgIpc) is 2.95. The number of para-hydroxylation sites is 1. The zero-order valence-corrected chi connectivity index (χ0v) is 24.1. The molecular weight excluding hydrogens is 529 g/mol. The Kier molecular flexibility index (Phi) is 12.1. The quantitative estimate of drug-likeness (QED) is 0.350. The molecule has 1 aromatic heterocycles. The van der Waals surface area contributed by atoms with E-state index in [4.69, 9.17) is 23.7 Å². The van der Waals surface area contributed by atoms with Crippen LogP contribution in [0.2, 0.25) is 0 Å². The van der Waals surface area contributed by atoms with Crippen molar-refractivity contribution in [3.05, 3.63) is 54.2 Å². The van der Waals surface area contributed by atoms with Gasteiger partial charge < -0.3 is 33.9 Å². The van der Waals surface area contributed by atoms with Crippen molar-refractivity contribution in [1.82, 2.24) is 10.3 Å². The molecule has 0 aliphatic carbocycles. The van der Waals surface area contributed by atoms with Crippen LogP contribution in [0.3, 0.4) is 0 Å². The number of hydrogen-bond donors (Lipinski definition) is 1. The average molecular weight is 567 g/mol. The van der Waals surface area contributed by atoms with Gasteiger partial charge in [0.15, 0.2) is 23.0 Å². The predicted octanol–water partition coefficient (Wildman–Crippen LogP) is 5.39. The van der Waals surface area contributed by atoms with Gasteiger partial charge in [-0.1, -0.05) is 6.07 Å². The molecule has 0 atom stereocenters. The van der Waals surface area contributed by atoms with Crippen molar-refractivity contribution >= 4 is 30.5 Å². The first-order valence-corrected chi connectivity index (χ1v) is 12.1. The third-order valence-corrected chi connectivity index (χ3v) is 6.58. The summed E-state index contributed by atoms with van der Waals surface area (Å²) in [6, 6.07) is 14.4. The highest BCUT2D eigenvalue weighted by molar-refractivity contribution is 5.85. The number of nitrogens with one attached hydrogen (secondary N) is 1. The van der Waals surface area contributed by atoms with Crippen LogP contribution in [0.4, 0.5) is 5.69 Å². The lowest BCUT2D eigenvalue weighted by Crippen LogP contribution is -2.43. The molecule has 1 aliphatic heterocycles. The maximum Gasteiger partial charge on any atom is 0.203 e. The molecular formula is C28H37Cl2N3O5. The molecule has 0 saturated carbocycles. The fourth-order valence-electron chi connectivity index (χ4n) is 4.78. The van der Waals surface area contributed by atoms with E-state index in [2.05, 4.69) is 33.4 Å². The lowest BCUT2D eigenvalue weighted by atomic mass is 10.0. The Balaban J connectivity index is 0.00000253. The van der Waals surface area contributed by atoms with Crippen molar-refractivity contribution in [2.24, 2.45) is 0 Å². The van der Waals surface area contributed by atoms with Gasteiger partial charge >= 0.3 is 0 Å². The molecule has 0 spiro atoms. The van der Waals surface area contributed by atoms with E-state index in [-0.39, 0.29) is 24.8 Å². The molecule has 4 rings (SSSR count). The second kappa shape index (κ2) is 14.8. The first kappa shape index (κ1) is 31.1. The summed E-state index contributed by atoms with van der Waals surface area (Å²) in [4.78, 5) is 7.07. The summed E-state index contributed by atoms with van der Waals surface area (Å²) in [7, 11) is 8.19. The number of hydrogen-bond acceptors (Lipinski definition) is 8. The fraction of sp³-hybridized carbons (Fsp3) is 0.393. The Morgan fingerprint density at radius 2 is 1.42 bits per heavy atom. The number of methoxy groups -OCH3 is 5. The van der Waals surface area contributed by atoms with E-state index in [1.165, 1.54) is 0 Å². The van der Waals surface area contributed by atoms with Gasteiger partial charge in [-0.15, -0.1) is 24.8 Å². The first-order valence-electron chi connectivity index (χ1n) is 12.1. The molecule has 1 aliphatic rings. The van der Waals surface area contributed by atoms with Crippen molar-refractivity contribution in [3.8, 4) is 40.0 Å². The minimum absolute atomic E-state index is 0. The van der Waals surface area contributed by atoms with Gasteiger partial charge in [-0.25, -0.2) is 0 Å².